The highest BCUT2D eigenvalue weighted by Gasteiger charge is 2.09. The lowest BCUT2D eigenvalue weighted by molar-refractivity contribution is 0.609. The van der Waals surface area contributed by atoms with Crippen molar-refractivity contribution in [3.05, 3.63) is 34.9 Å². The highest BCUT2D eigenvalue weighted by atomic mass is 35.5. The van der Waals surface area contributed by atoms with Crippen LogP contribution in [0.5, 0.6) is 0 Å². The monoisotopic (exact) mass is 258 g/mol. The molecule has 0 spiro atoms. The maximum absolute atomic E-state index is 5.85. The fraction of sp³-hybridized carbons (Fsp3) is 0.500. The Bertz CT molecular complexity index is 300. The normalized spacial score (nSPS) is 13.1. The van der Waals surface area contributed by atoms with Crippen molar-refractivity contribution in [1.82, 2.24) is 5.43 Å². The van der Waals surface area contributed by atoms with Crippen LogP contribution < -0.4 is 11.3 Å². The molecule has 1 unspecified atom stereocenters. The number of hydrazine groups is 1. The van der Waals surface area contributed by atoms with E-state index in [-0.39, 0.29) is 6.04 Å². The molecule has 0 saturated carbocycles. The van der Waals surface area contributed by atoms with Gasteiger partial charge in [-0.1, -0.05) is 37.6 Å². The highest BCUT2D eigenvalue weighted by Crippen LogP contribution is 2.20. The van der Waals surface area contributed by atoms with E-state index in [9.17, 15) is 0 Å². The first-order chi connectivity index (χ1) is 7.63. The second-order valence-corrected chi connectivity index (χ2v) is 5.71. The fourth-order valence-corrected chi connectivity index (χ4v) is 2.62. The summed E-state index contributed by atoms with van der Waals surface area (Å²) in [4.78, 5) is 0. The summed E-state index contributed by atoms with van der Waals surface area (Å²) in [5.41, 5.74) is 4.03. The molecule has 2 nitrogen and oxygen atoms in total. The SMILES string of the molecule is CC(C)CSCC(NN)c1ccc(Cl)cc1. The minimum atomic E-state index is 0.195. The van der Waals surface area contributed by atoms with E-state index < -0.39 is 0 Å². The quantitative estimate of drug-likeness (QED) is 0.608. The van der Waals surface area contributed by atoms with Crippen LogP contribution in [0, 0.1) is 5.92 Å². The Morgan fingerprint density at radius 3 is 2.38 bits per heavy atom. The molecule has 0 aliphatic heterocycles. The van der Waals surface area contributed by atoms with Crippen molar-refractivity contribution in [2.24, 2.45) is 11.8 Å². The van der Waals surface area contributed by atoms with E-state index in [0.717, 1.165) is 16.5 Å². The Balaban J connectivity index is 2.50. The fourth-order valence-electron chi connectivity index (χ4n) is 1.36. The Morgan fingerprint density at radius 2 is 1.88 bits per heavy atom. The van der Waals surface area contributed by atoms with Crippen molar-refractivity contribution < 1.29 is 0 Å². The molecule has 1 rings (SSSR count). The number of halogens is 1. The van der Waals surface area contributed by atoms with Gasteiger partial charge in [0.15, 0.2) is 0 Å². The Morgan fingerprint density at radius 1 is 1.25 bits per heavy atom. The molecule has 0 saturated heterocycles. The van der Waals surface area contributed by atoms with Gasteiger partial charge >= 0.3 is 0 Å². The van der Waals surface area contributed by atoms with Gasteiger partial charge in [0.25, 0.3) is 0 Å². The van der Waals surface area contributed by atoms with E-state index in [1.807, 2.05) is 36.0 Å². The van der Waals surface area contributed by atoms with Crippen molar-refractivity contribution >= 4 is 23.4 Å². The second-order valence-electron chi connectivity index (χ2n) is 4.20. The summed E-state index contributed by atoms with van der Waals surface area (Å²) in [7, 11) is 0. The summed E-state index contributed by atoms with van der Waals surface area (Å²) < 4.78 is 0. The van der Waals surface area contributed by atoms with Crippen LogP contribution in [0.4, 0.5) is 0 Å². The summed E-state index contributed by atoms with van der Waals surface area (Å²) >= 11 is 7.77. The molecule has 1 atom stereocenters. The largest absolute Gasteiger partial charge is 0.271 e. The van der Waals surface area contributed by atoms with E-state index in [2.05, 4.69) is 19.3 Å². The number of hydrogen-bond donors (Lipinski definition) is 2. The minimum absolute atomic E-state index is 0.195. The van der Waals surface area contributed by atoms with E-state index >= 15 is 0 Å². The third-order valence-corrected chi connectivity index (χ3v) is 3.93. The van der Waals surface area contributed by atoms with Gasteiger partial charge in [0.1, 0.15) is 0 Å². The molecule has 0 aliphatic rings. The topological polar surface area (TPSA) is 38.0 Å². The molecule has 0 aromatic heterocycles. The van der Waals surface area contributed by atoms with E-state index in [1.54, 1.807) is 0 Å². The lowest BCUT2D eigenvalue weighted by Crippen LogP contribution is -2.29. The van der Waals surface area contributed by atoms with Crippen molar-refractivity contribution in [1.29, 1.82) is 0 Å². The van der Waals surface area contributed by atoms with Gasteiger partial charge in [-0.15, -0.1) is 0 Å². The van der Waals surface area contributed by atoms with Crippen LogP contribution in [0.2, 0.25) is 5.02 Å². The molecular weight excluding hydrogens is 240 g/mol. The minimum Gasteiger partial charge on any atom is -0.271 e. The average molecular weight is 259 g/mol. The lowest BCUT2D eigenvalue weighted by atomic mass is 10.1. The Labute approximate surface area is 107 Å². The van der Waals surface area contributed by atoms with Crippen LogP contribution >= 0.6 is 23.4 Å². The van der Waals surface area contributed by atoms with Crippen LogP contribution in [-0.4, -0.2) is 11.5 Å². The first-order valence-corrected chi connectivity index (χ1v) is 6.96. The zero-order valence-electron chi connectivity index (χ0n) is 9.74. The third kappa shape index (κ3) is 4.74. The number of hydrogen-bond acceptors (Lipinski definition) is 3. The second kappa shape index (κ2) is 7.17. The third-order valence-electron chi connectivity index (χ3n) is 2.21. The smallest absolute Gasteiger partial charge is 0.0550 e. The molecule has 4 heteroatoms. The summed E-state index contributed by atoms with van der Waals surface area (Å²) in [5, 5.41) is 0.759. The van der Waals surface area contributed by atoms with Gasteiger partial charge in [0, 0.05) is 10.8 Å². The van der Waals surface area contributed by atoms with Crippen LogP contribution in [-0.2, 0) is 0 Å². The van der Waals surface area contributed by atoms with Gasteiger partial charge < -0.3 is 0 Å². The van der Waals surface area contributed by atoms with Crippen molar-refractivity contribution in [3.8, 4) is 0 Å². The van der Waals surface area contributed by atoms with Crippen LogP contribution in [0.15, 0.2) is 24.3 Å². The Hall–Kier alpha value is -0.220. The van der Waals surface area contributed by atoms with Crippen LogP contribution in [0.25, 0.3) is 0 Å². The van der Waals surface area contributed by atoms with E-state index in [4.69, 9.17) is 17.4 Å². The number of benzene rings is 1. The van der Waals surface area contributed by atoms with Crippen molar-refractivity contribution in [3.63, 3.8) is 0 Å². The number of rotatable bonds is 6. The lowest BCUT2D eigenvalue weighted by Gasteiger charge is -2.16. The van der Waals surface area contributed by atoms with Crippen molar-refractivity contribution in [2.45, 2.75) is 19.9 Å². The average Bonchev–Trinajstić information content (AvgIpc) is 2.26. The van der Waals surface area contributed by atoms with Gasteiger partial charge in [0.05, 0.1) is 6.04 Å². The van der Waals surface area contributed by atoms with E-state index in [1.165, 1.54) is 5.56 Å². The highest BCUT2D eigenvalue weighted by molar-refractivity contribution is 7.99. The molecule has 90 valence electrons. The van der Waals surface area contributed by atoms with Gasteiger partial charge in [-0.05, 0) is 29.4 Å². The first kappa shape index (κ1) is 13.8. The van der Waals surface area contributed by atoms with Gasteiger partial charge in [-0.3, -0.25) is 11.3 Å². The van der Waals surface area contributed by atoms with E-state index in [0.29, 0.717) is 5.92 Å². The Kier molecular flexibility index (Phi) is 6.21. The van der Waals surface area contributed by atoms with Crippen molar-refractivity contribution in [2.75, 3.05) is 11.5 Å². The van der Waals surface area contributed by atoms with Gasteiger partial charge in [-0.25, -0.2) is 0 Å². The van der Waals surface area contributed by atoms with Gasteiger partial charge in [0.2, 0.25) is 0 Å². The maximum atomic E-state index is 5.85. The maximum Gasteiger partial charge on any atom is 0.0550 e. The summed E-state index contributed by atoms with van der Waals surface area (Å²) in [5.74, 6) is 8.42. The number of thioether (sulfide) groups is 1. The van der Waals surface area contributed by atoms with Crippen LogP contribution in [0.1, 0.15) is 25.5 Å². The molecule has 0 heterocycles. The molecule has 0 radical (unpaired) electrons. The molecule has 0 fully saturated rings. The van der Waals surface area contributed by atoms with Gasteiger partial charge in [-0.2, -0.15) is 11.8 Å². The number of nitrogens with one attached hydrogen (secondary N) is 1. The summed E-state index contributed by atoms with van der Waals surface area (Å²) in [6, 6.07) is 8.02. The van der Waals surface area contributed by atoms with Crippen LogP contribution in [0.3, 0.4) is 0 Å². The predicted octanol–water partition coefficient (Wildman–Crippen LogP) is 3.23. The molecule has 16 heavy (non-hydrogen) atoms. The first-order valence-electron chi connectivity index (χ1n) is 5.42. The molecule has 0 amide bonds. The molecular formula is C12H19ClN2S. The number of nitrogens with two attached hydrogens (primary N) is 1. The summed E-state index contributed by atoms with van der Waals surface area (Å²) in [6.45, 7) is 4.44. The molecule has 1 aromatic carbocycles. The molecule has 0 aliphatic carbocycles. The zero-order valence-corrected chi connectivity index (χ0v) is 11.3. The predicted molar refractivity (Wildman–Crippen MR) is 73.7 cm³/mol. The molecule has 1 aromatic rings. The molecule has 3 N–H and O–H groups in total. The standard InChI is InChI=1S/C12H19ClN2S/c1-9(2)7-16-8-12(15-14)10-3-5-11(13)6-4-10/h3-6,9,12,15H,7-8,14H2,1-2H3. The summed E-state index contributed by atoms with van der Waals surface area (Å²) in [6.07, 6.45) is 0. The molecule has 0 bridgehead atoms. The zero-order chi connectivity index (χ0) is 12.0.